The van der Waals surface area contributed by atoms with Gasteiger partial charge in [0, 0.05) is 5.69 Å². The van der Waals surface area contributed by atoms with E-state index in [1.165, 1.54) is 29.4 Å². The van der Waals surface area contributed by atoms with Gasteiger partial charge in [-0.2, -0.15) is 0 Å². The minimum Gasteiger partial charge on any atom is -0.465 e. The van der Waals surface area contributed by atoms with Gasteiger partial charge in [-0.3, -0.25) is 5.32 Å². The number of fused-ring (bicyclic) bond motifs is 3. The molecule has 31 heavy (non-hydrogen) atoms. The molecule has 3 aromatic rings. The van der Waals surface area contributed by atoms with Crippen LogP contribution in [0, 0.1) is 0 Å². The standard InChI is InChI=1S/C24H20N2O4S/c1-30-22(27)16-7-9-19(10-8-16)26(23(31)25-24(28)29)14-15-6-11-21-18(12-15)13-17-4-2-3-5-20(17)21/h2-12H,13-14H2,1H3,(H,25,31)(H,28,29). The number of nitrogens with zero attached hydrogens (tertiary/aromatic N) is 1. The average molecular weight is 433 g/mol. The molecule has 0 unspecified atom stereocenters. The molecule has 0 bridgehead atoms. The number of ether oxygens (including phenoxy) is 1. The summed E-state index contributed by atoms with van der Waals surface area (Å²) in [6.07, 6.45) is -0.365. The summed E-state index contributed by atoms with van der Waals surface area (Å²) in [7, 11) is 1.32. The smallest absolute Gasteiger partial charge is 0.410 e. The second-order valence-corrected chi connectivity index (χ2v) is 7.57. The Morgan fingerprint density at radius 2 is 1.74 bits per heavy atom. The van der Waals surface area contributed by atoms with E-state index >= 15 is 0 Å². The highest BCUT2D eigenvalue weighted by Crippen LogP contribution is 2.37. The Morgan fingerprint density at radius 3 is 2.45 bits per heavy atom. The summed E-state index contributed by atoms with van der Waals surface area (Å²) in [5, 5.41) is 11.5. The predicted octanol–water partition coefficient (Wildman–Crippen LogP) is 4.60. The Balaban J connectivity index is 1.62. The quantitative estimate of drug-likeness (QED) is 0.362. The lowest BCUT2D eigenvalue weighted by atomic mass is 10.0. The first-order valence-corrected chi connectivity index (χ1v) is 10.1. The van der Waals surface area contributed by atoms with E-state index in [0.717, 1.165) is 12.0 Å². The lowest BCUT2D eigenvalue weighted by molar-refractivity contribution is 0.0600. The van der Waals surface area contributed by atoms with Gasteiger partial charge in [-0.15, -0.1) is 0 Å². The molecule has 3 aromatic carbocycles. The number of amides is 1. The average Bonchev–Trinajstić information content (AvgIpc) is 3.14. The van der Waals surface area contributed by atoms with Gasteiger partial charge >= 0.3 is 12.1 Å². The lowest BCUT2D eigenvalue weighted by Crippen LogP contribution is -2.41. The van der Waals surface area contributed by atoms with Gasteiger partial charge in [0.2, 0.25) is 0 Å². The van der Waals surface area contributed by atoms with Crippen molar-refractivity contribution in [1.29, 1.82) is 0 Å². The maximum atomic E-state index is 11.7. The summed E-state index contributed by atoms with van der Waals surface area (Å²) in [5.41, 5.74) is 7.07. The highest BCUT2D eigenvalue weighted by atomic mass is 32.1. The van der Waals surface area contributed by atoms with E-state index in [4.69, 9.17) is 22.1 Å². The summed E-state index contributed by atoms with van der Waals surface area (Å²) in [4.78, 5) is 24.6. The van der Waals surface area contributed by atoms with Crippen LogP contribution in [0.4, 0.5) is 10.5 Å². The van der Waals surface area contributed by atoms with Crippen molar-refractivity contribution in [3.05, 3.63) is 89.0 Å². The van der Waals surface area contributed by atoms with Crippen LogP contribution in [0.1, 0.15) is 27.0 Å². The normalized spacial score (nSPS) is 11.3. The van der Waals surface area contributed by atoms with Gasteiger partial charge < -0.3 is 14.7 Å². The molecule has 0 fully saturated rings. The zero-order chi connectivity index (χ0) is 22.0. The number of carbonyl (C=O) groups excluding carboxylic acids is 1. The number of carbonyl (C=O) groups is 2. The minimum absolute atomic E-state index is 0.0575. The summed E-state index contributed by atoms with van der Waals surface area (Å²) in [6, 6.07) is 21.3. The molecule has 0 saturated heterocycles. The molecule has 0 aliphatic heterocycles. The highest BCUT2D eigenvalue weighted by Gasteiger charge is 2.20. The zero-order valence-corrected chi connectivity index (χ0v) is 17.6. The fourth-order valence-electron chi connectivity index (χ4n) is 3.81. The molecular weight excluding hydrogens is 412 g/mol. The molecule has 0 atom stereocenters. The van der Waals surface area contributed by atoms with Crippen LogP contribution in [0.3, 0.4) is 0 Å². The van der Waals surface area contributed by atoms with Gasteiger partial charge in [0.05, 0.1) is 19.2 Å². The van der Waals surface area contributed by atoms with E-state index < -0.39 is 12.1 Å². The van der Waals surface area contributed by atoms with Crippen molar-refractivity contribution in [3.63, 3.8) is 0 Å². The summed E-state index contributed by atoms with van der Waals surface area (Å²) in [5.74, 6) is -0.442. The van der Waals surface area contributed by atoms with E-state index in [1.807, 2.05) is 18.2 Å². The second-order valence-electron chi connectivity index (χ2n) is 7.19. The molecule has 4 rings (SSSR count). The van der Waals surface area contributed by atoms with Crippen molar-refractivity contribution < 1.29 is 19.4 Å². The molecular formula is C24H20N2O4S. The molecule has 2 N–H and O–H groups in total. The SMILES string of the molecule is COC(=O)c1ccc(N(Cc2ccc3c(c2)Cc2ccccc2-3)C(=S)NC(=O)O)cc1. The summed E-state index contributed by atoms with van der Waals surface area (Å²) in [6.45, 7) is 0.375. The van der Waals surface area contributed by atoms with Crippen molar-refractivity contribution in [2.75, 3.05) is 12.0 Å². The summed E-state index contributed by atoms with van der Waals surface area (Å²) < 4.78 is 4.73. The molecule has 0 heterocycles. The van der Waals surface area contributed by atoms with Crippen molar-refractivity contribution in [3.8, 4) is 11.1 Å². The van der Waals surface area contributed by atoms with Crippen LogP contribution < -0.4 is 10.2 Å². The summed E-state index contributed by atoms with van der Waals surface area (Å²) >= 11 is 5.34. The molecule has 0 spiro atoms. The van der Waals surface area contributed by atoms with Crippen LogP contribution in [-0.2, 0) is 17.7 Å². The van der Waals surface area contributed by atoms with Crippen LogP contribution in [0.25, 0.3) is 11.1 Å². The highest BCUT2D eigenvalue weighted by molar-refractivity contribution is 7.80. The number of methoxy groups -OCH3 is 1. The van der Waals surface area contributed by atoms with Gasteiger partial charge in [-0.1, -0.05) is 42.5 Å². The molecule has 1 aliphatic rings. The molecule has 0 radical (unpaired) electrons. The van der Waals surface area contributed by atoms with Gasteiger partial charge in [0.15, 0.2) is 5.11 Å². The first-order chi connectivity index (χ1) is 15.0. The molecule has 1 aliphatic carbocycles. The third-order valence-corrected chi connectivity index (χ3v) is 5.58. The van der Waals surface area contributed by atoms with E-state index in [9.17, 15) is 9.59 Å². The van der Waals surface area contributed by atoms with Gasteiger partial charge in [0.25, 0.3) is 0 Å². The number of anilines is 1. The third-order valence-electron chi connectivity index (χ3n) is 5.26. The monoisotopic (exact) mass is 432 g/mol. The number of esters is 1. The number of carboxylic acid groups (broad SMARTS) is 1. The molecule has 0 saturated carbocycles. The third kappa shape index (κ3) is 4.27. The van der Waals surface area contributed by atoms with Crippen molar-refractivity contribution in [1.82, 2.24) is 5.32 Å². The molecule has 156 valence electrons. The first-order valence-electron chi connectivity index (χ1n) is 9.66. The van der Waals surface area contributed by atoms with E-state index in [1.54, 1.807) is 29.2 Å². The van der Waals surface area contributed by atoms with E-state index in [-0.39, 0.29) is 5.11 Å². The zero-order valence-electron chi connectivity index (χ0n) is 16.8. The second kappa shape index (κ2) is 8.57. The number of thiocarbonyl (C=S) groups is 1. The van der Waals surface area contributed by atoms with Crippen LogP contribution in [0.5, 0.6) is 0 Å². The maximum Gasteiger partial charge on any atom is 0.410 e. The number of nitrogens with one attached hydrogen (secondary N) is 1. The maximum absolute atomic E-state index is 11.7. The lowest BCUT2D eigenvalue weighted by Gasteiger charge is -2.25. The van der Waals surface area contributed by atoms with Crippen LogP contribution in [0.15, 0.2) is 66.7 Å². The Morgan fingerprint density at radius 1 is 1.03 bits per heavy atom. The fourth-order valence-corrected chi connectivity index (χ4v) is 4.07. The Hall–Kier alpha value is -3.71. The Bertz CT molecular complexity index is 1170. The van der Waals surface area contributed by atoms with Crippen molar-refractivity contribution in [2.45, 2.75) is 13.0 Å². The van der Waals surface area contributed by atoms with Crippen LogP contribution in [-0.4, -0.2) is 29.4 Å². The first kappa shape index (κ1) is 20.6. The predicted molar refractivity (Wildman–Crippen MR) is 122 cm³/mol. The van der Waals surface area contributed by atoms with Gasteiger partial charge in [-0.05, 0) is 70.7 Å². The van der Waals surface area contributed by atoms with Crippen molar-refractivity contribution in [2.24, 2.45) is 0 Å². The Kier molecular flexibility index (Phi) is 5.68. The number of hydrogen-bond acceptors (Lipinski definition) is 4. The largest absolute Gasteiger partial charge is 0.465 e. The minimum atomic E-state index is -1.23. The topological polar surface area (TPSA) is 78.9 Å². The molecule has 1 amide bonds. The molecule has 6 nitrogen and oxygen atoms in total. The number of benzene rings is 3. The number of rotatable bonds is 4. The van der Waals surface area contributed by atoms with Crippen molar-refractivity contribution >= 4 is 35.1 Å². The van der Waals surface area contributed by atoms with Gasteiger partial charge in [-0.25, -0.2) is 9.59 Å². The fraction of sp³-hybridized carbons (Fsp3) is 0.125. The Labute approximate surface area is 185 Å². The van der Waals surface area contributed by atoms with Gasteiger partial charge in [0.1, 0.15) is 0 Å². The van der Waals surface area contributed by atoms with E-state index in [2.05, 4.69) is 29.6 Å². The number of hydrogen-bond donors (Lipinski definition) is 2. The van der Waals surface area contributed by atoms with Crippen LogP contribution >= 0.6 is 12.2 Å². The molecule has 0 aromatic heterocycles. The van der Waals surface area contributed by atoms with E-state index in [0.29, 0.717) is 17.8 Å². The molecule has 7 heteroatoms. The van der Waals surface area contributed by atoms with Crippen LogP contribution in [0.2, 0.25) is 0 Å².